The maximum Gasteiger partial charge on any atom is 0.0466 e. The van der Waals surface area contributed by atoms with Crippen LogP contribution in [0.5, 0.6) is 0 Å². The Morgan fingerprint density at radius 2 is 0.0922 bits per heavy atom. The van der Waals surface area contributed by atoms with E-state index in [4.69, 9.17) is 138 Å². The number of ether oxygens (including phenoxy) is 27. The van der Waals surface area contributed by atoms with Crippen molar-refractivity contribution < 1.29 is 138 Å². The van der Waals surface area contributed by atoms with Crippen molar-refractivity contribution in [3.05, 3.63) is 0 Å². The van der Waals surface area contributed by atoms with Gasteiger partial charge < -0.3 is 138 Å². The molecule has 0 fully saturated rings. The van der Waals surface area contributed by atoms with Crippen molar-refractivity contribution in [2.75, 3.05) is 370 Å². The highest BCUT2D eigenvalue weighted by Crippen LogP contribution is 2.11. The number of aliphatic hydroxyl groups excluding tert-OH is 2. The largest absolute Gasteiger partial charge is 0.396 e. The lowest BCUT2D eigenvalue weighted by molar-refractivity contribution is 0.0753. The molecule has 0 saturated carbocycles. The smallest absolute Gasteiger partial charge is 0.0466 e. The standard InChI is InChI=1S/C112H226O29/c113-57-1-3-59-115-61-5-7-63-117-65-9-11-67-119-69-13-15-71-121-73-17-19-75-123-77-21-23-79-125-81-25-27-83-127-85-29-31-87-129-89-33-35-91-131-93-37-39-95-133-97-41-43-99-135-101-45-47-103-137-105-49-51-107-139-109-53-55-111-141-112-56-54-110-140-108-52-50-106-138-104-48-46-102-136-100-44-42-98-134-96-40-38-94-132-92-36-34-90-130-88-32-30-86-128-84-28-26-82-126-80-24-22-78-124-76-20-18-74-122-72-16-14-70-120-68-12-10-66-118-64-8-6-62-116-60-4-2-58-114/h113-114H,1-112H2. The van der Waals surface area contributed by atoms with E-state index in [1.165, 1.54) is 0 Å². The Labute approximate surface area is 863 Å². The number of hydrogen-bond donors (Lipinski definition) is 2. The van der Waals surface area contributed by atoms with Crippen molar-refractivity contribution in [2.45, 2.75) is 360 Å². The predicted molar refractivity (Wildman–Crippen MR) is 565 cm³/mol. The van der Waals surface area contributed by atoms with Crippen LogP contribution in [0, 0.1) is 0 Å². The molecule has 0 bridgehead atoms. The summed E-state index contributed by atoms with van der Waals surface area (Å²) in [7, 11) is 0. The van der Waals surface area contributed by atoms with E-state index < -0.39 is 0 Å². The van der Waals surface area contributed by atoms with Crippen LogP contribution in [0.25, 0.3) is 0 Å². The molecular formula is C112H226O29. The zero-order chi connectivity index (χ0) is 100. The summed E-state index contributed by atoms with van der Waals surface area (Å²) in [4.78, 5) is 0. The first kappa shape index (κ1) is 140. The van der Waals surface area contributed by atoms with Crippen LogP contribution in [0.3, 0.4) is 0 Å². The van der Waals surface area contributed by atoms with Crippen LogP contribution in [0.2, 0.25) is 0 Å². The minimum Gasteiger partial charge on any atom is -0.396 e. The van der Waals surface area contributed by atoms with Crippen molar-refractivity contribution in [3.8, 4) is 0 Å². The highest BCUT2D eigenvalue weighted by atomic mass is 16.5. The van der Waals surface area contributed by atoms with E-state index in [1.807, 2.05) is 0 Å². The van der Waals surface area contributed by atoms with Crippen LogP contribution in [-0.4, -0.2) is 380 Å². The highest BCUT2D eigenvalue weighted by Gasteiger charge is 2.07. The molecule has 0 aromatic rings. The van der Waals surface area contributed by atoms with Crippen LogP contribution in [0.15, 0.2) is 0 Å². The molecule has 0 saturated heterocycles. The average molecular weight is 2040 g/mol. The van der Waals surface area contributed by atoms with Crippen molar-refractivity contribution in [2.24, 2.45) is 0 Å². The molecular weight excluding hydrogens is 1810 g/mol. The SMILES string of the molecule is OCCCCOCCCCOCCCCOCCCCOCCCCOCCCCOCCCCOCCCCOCCCCOCCCCOCCCCOCCCCOCCCCOCCCCOCCCCOCCCCOCCCCOCCCCOCCCCOCCCCOCCCCOCCCCOCCCCOCCCCOCCCCOCCCCOCCCCOCCCCO. The molecule has 0 aliphatic rings. The van der Waals surface area contributed by atoms with Crippen LogP contribution >= 0.6 is 0 Å². The third kappa shape index (κ3) is 139. The first-order valence-electron chi connectivity index (χ1n) is 58.2. The molecule has 0 aromatic carbocycles. The van der Waals surface area contributed by atoms with Gasteiger partial charge in [0.1, 0.15) is 0 Å². The minimum absolute atomic E-state index is 0.246. The normalized spacial score (nSPS) is 11.9. The number of aliphatic hydroxyl groups is 2. The summed E-state index contributed by atoms with van der Waals surface area (Å²) in [5.74, 6) is 0. The minimum atomic E-state index is 0.246. The quantitative estimate of drug-likeness (QED) is 0.0535. The Morgan fingerprint density at radius 3 is 0.128 bits per heavy atom. The average Bonchev–Trinajstić information content (AvgIpc) is 1.11. The third-order valence-corrected chi connectivity index (χ3v) is 22.9. The lowest BCUT2D eigenvalue weighted by atomic mass is 10.3. The number of rotatable bonds is 138. The van der Waals surface area contributed by atoms with Gasteiger partial charge in [-0.2, -0.15) is 0 Å². The van der Waals surface area contributed by atoms with Gasteiger partial charge >= 0.3 is 0 Å². The Hall–Kier alpha value is -1.16. The Balaban J connectivity index is 3.11. The van der Waals surface area contributed by atoms with Crippen LogP contribution in [-0.2, 0) is 128 Å². The molecule has 0 amide bonds. The molecule has 0 aliphatic heterocycles. The van der Waals surface area contributed by atoms with Gasteiger partial charge in [-0.15, -0.1) is 0 Å². The summed E-state index contributed by atoms with van der Waals surface area (Å²) in [6.45, 7) is 43.4. The van der Waals surface area contributed by atoms with Gasteiger partial charge in [-0.1, -0.05) is 0 Å². The lowest BCUT2D eigenvalue weighted by Crippen LogP contribution is -2.05. The summed E-state index contributed by atoms with van der Waals surface area (Å²) < 4.78 is 156. The molecule has 0 atom stereocenters. The molecule has 0 aromatic heterocycles. The Morgan fingerprint density at radius 1 is 0.0567 bits per heavy atom. The van der Waals surface area contributed by atoms with Gasteiger partial charge in [0.25, 0.3) is 0 Å². The zero-order valence-corrected chi connectivity index (χ0v) is 91.1. The van der Waals surface area contributed by atoms with Crippen molar-refractivity contribution in [1.82, 2.24) is 0 Å². The monoisotopic (exact) mass is 2040 g/mol. The summed E-state index contributed by atoms with van der Waals surface area (Å²) >= 11 is 0. The van der Waals surface area contributed by atoms with Gasteiger partial charge in [-0.05, 0) is 360 Å². The Bertz CT molecular complexity index is 1760. The summed E-state index contributed by atoms with van der Waals surface area (Å²) in [6, 6.07) is 0. The van der Waals surface area contributed by atoms with Crippen molar-refractivity contribution >= 4 is 0 Å². The molecule has 0 spiro atoms. The zero-order valence-electron chi connectivity index (χ0n) is 91.1. The van der Waals surface area contributed by atoms with E-state index in [-0.39, 0.29) is 13.2 Å². The van der Waals surface area contributed by atoms with E-state index in [1.54, 1.807) is 0 Å². The fraction of sp³-hybridized carbons (Fsp3) is 1.00. The molecule has 2 N–H and O–H groups in total. The highest BCUT2D eigenvalue weighted by molar-refractivity contribution is 4.56. The van der Waals surface area contributed by atoms with Crippen molar-refractivity contribution in [3.63, 3.8) is 0 Å². The van der Waals surface area contributed by atoms with Gasteiger partial charge in [0, 0.05) is 370 Å². The molecule has 0 aliphatic carbocycles. The maximum absolute atomic E-state index is 8.77. The fourth-order valence-electron chi connectivity index (χ4n) is 14.0. The predicted octanol–water partition coefficient (Wildman–Crippen LogP) is 21.3. The molecule has 29 heteroatoms. The van der Waals surface area contributed by atoms with Gasteiger partial charge in [0.15, 0.2) is 0 Å². The van der Waals surface area contributed by atoms with Crippen molar-refractivity contribution in [1.29, 1.82) is 0 Å². The topological polar surface area (TPSA) is 290 Å². The number of unbranched alkanes of at least 4 members (excludes halogenated alkanes) is 28. The third-order valence-electron chi connectivity index (χ3n) is 22.9. The first-order valence-corrected chi connectivity index (χ1v) is 58.2. The van der Waals surface area contributed by atoms with E-state index in [2.05, 4.69) is 0 Å². The molecule has 0 rings (SSSR count). The van der Waals surface area contributed by atoms with Gasteiger partial charge in [-0.25, -0.2) is 0 Å². The Kier molecular flexibility index (Phi) is 138. The first-order chi connectivity index (χ1) is 70.4. The second-order valence-electron chi connectivity index (χ2n) is 36.8. The molecule has 0 heterocycles. The number of hydrogen-bond acceptors (Lipinski definition) is 29. The molecule has 29 nitrogen and oxygen atoms in total. The van der Waals surface area contributed by atoms with Gasteiger partial charge in [-0.3, -0.25) is 0 Å². The summed E-state index contributed by atoms with van der Waals surface area (Å²) in [5.41, 5.74) is 0. The van der Waals surface area contributed by atoms with E-state index in [0.717, 1.165) is 716 Å². The van der Waals surface area contributed by atoms with Crippen LogP contribution in [0.4, 0.5) is 0 Å². The van der Waals surface area contributed by atoms with E-state index in [0.29, 0.717) is 0 Å². The lowest BCUT2D eigenvalue weighted by Gasteiger charge is -2.08. The molecule has 0 radical (unpaired) electrons. The molecule has 0 unspecified atom stereocenters. The summed E-state index contributed by atoms with van der Waals surface area (Å²) in [6.07, 6.45) is 57.4. The van der Waals surface area contributed by atoms with Gasteiger partial charge in [0.05, 0.1) is 0 Å². The second-order valence-corrected chi connectivity index (χ2v) is 36.8. The summed E-state index contributed by atoms with van der Waals surface area (Å²) in [5, 5.41) is 17.5. The van der Waals surface area contributed by atoms with Crippen LogP contribution in [0.1, 0.15) is 360 Å². The molecule has 848 valence electrons. The van der Waals surface area contributed by atoms with Crippen LogP contribution < -0.4 is 0 Å². The second kappa shape index (κ2) is 139. The fourth-order valence-corrected chi connectivity index (χ4v) is 14.0. The van der Waals surface area contributed by atoms with E-state index in [9.17, 15) is 0 Å². The van der Waals surface area contributed by atoms with Gasteiger partial charge in [0.2, 0.25) is 0 Å². The maximum atomic E-state index is 8.77. The molecule has 141 heavy (non-hydrogen) atoms. The van der Waals surface area contributed by atoms with E-state index >= 15 is 0 Å².